The number of rotatable bonds is 8. The van der Waals surface area contributed by atoms with E-state index in [1.165, 1.54) is 11.1 Å². The maximum Gasteiger partial charge on any atom is 0.407 e. The Morgan fingerprint density at radius 1 is 1.09 bits per heavy atom. The van der Waals surface area contributed by atoms with Crippen LogP contribution in [0.4, 0.5) is 4.79 Å². The highest BCUT2D eigenvalue weighted by Crippen LogP contribution is 2.44. The van der Waals surface area contributed by atoms with Crippen molar-refractivity contribution in [3.05, 3.63) is 59.7 Å². The minimum atomic E-state index is -0.905. The van der Waals surface area contributed by atoms with Gasteiger partial charge in [0.25, 0.3) is 0 Å². The molecule has 2 amide bonds. The van der Waals surface area contributed by atoms with Gasteiger partial charge in [-0.15, -0.1) is 0 Å². The van der Waals surface area contributed by atoms with E-state index in [1.54, 1.807) is 4.90 Å². The summed E-state index contributed by atoms with van der Waals surface area (Å²) in [5, 5.41) is 12.6. The average molecular weight is 479 g/mol. The standard InChI is InChI=1S/C28H34N2O5/c1-4-19(15-25(31)30-14-13-28(17-30,18(2)3)26(32)33)29-27(34)35-16-24-22-11-7-5-9-20(22)21-10-6-8-12-23(21)24/h5-12,18-19,24H,4,13-17H2,1-3H3,(H,29,34)(H,32,33). The number of carbonyl (C=O) groups is 3. The molecule has 2 aromatic carbocycles. The number of fused-ring (bicyclic) bond motifs is 3. The Balaban J connectivity index is 1.34. The summed E-state index contributed by atoms with van der Waals surface area (Å²) in [5.41, 5.74) is 3.71. The van der Waals surface area contributed by atoms with Crippen LogP contribution in [-0.2, 0) is 14.3 Å². The van der Waals surface area contributed by atoms with E-state index < -0.39 is 17.5 Å². The predicted molar refractivity (Wildman–Crippen MR) is 133 cm³/mol. The van der Waals surface area contributed by atoms with Crippen LogP contribution in [-0.4, -0.2) is 53.7 Å². The minimum Gasteiger partial charge on any atom is -0.481 e. The Bertz CT molecular complexity index is 1070. The van der Waals surface area contributed by atoms with Gasteiger partial charge in [0.15, 0.2) is 0 Å². The first-order valence-corrected chi connectivity index (χ1v) is 12.4. The van der Waals surface area contributed by atoms with Crippen molar-refractivity contribution in [3.8, 4) is 11.1 Å². The van der Waals surface area contributed by atoms with Gasteiger partial charge in [0.05, 0.1) is 5.41 Å². The molecular formula is C28H34N2O5. The number of carboxylic acid groups (broad SMARTS) is 1. The molecule has 7 heteroatoms. The Kier molecular flexibility index (Phi) is 7.15. The molecule has 1 aliphatic carbocycles. The highest BCUT2D eigenvalue weighted by atomic mass is 16.5. The maximum atomic E-state index is 12.9. The molecule has 1 fully saturated rings. The molecule has 0 saturated carbocycles. The van der Waals surface area contributed by atoms with Gasteiger partial charge in [0.1, 0.15) is 6.61 Å². The van der Waals surface area contributed by atoms with Gasteiger partial charge in [-0.05, 0) is 41.0 Å². The number of nitrogens with one attached hydrogen (secondary N) is 1. The highest BCUT2D eigenvalue weighted by Gasteiger charge is 2.48. The van der Waals surface area contributed by atoms with Gasteiger partial charge in [-0.3, -0.25) is 9.59 Å². The summed E-state index contributed by atoms with van der Waals surface area (Å²) >= 11 is 0. The first-order chi connectivity index (χ1) is 16.8. The van der Waals surface area contributed by atoms with E-state index in [9.17, 15) is 19.5 Å². The maximum absolute atomic E-state index is 12.9. The Morgan fingerprint density at radius 3 is 2.20 bits per heavy atom. The number of hydrogen-bond acceptors (Lipinski definition) is 4. The number of carbonyl (C=O) groups excluding carboxylic acids is 2. The first kappa shape index (κ1) is 24.8. The van der Waals surface area contributed by atoms with Crippen molar-refractivity contribution >= 4 is 18.0 Å². The molecule has 186 valence electrons. The van der Waals surface area contributed by atoms with Crippen LogP contribution in [0, 0.1) is 11.3 Å². The van der Waals surface area contributed by atoms with Gasteiger partial charge in [-0.25, -0.2) is 4.79 Å². The zero-order chi connectivity index (χ0) is 25.2. The average Bonchev–Trinajstić information content (AvgIpc) is 3.44. The molecule has 1 aliphatic heterocycles. The van der Waals surface area contributed by atoms with E-state index in [2.05, 4.69) is 29.6 Å². The molecule has 7 nitrogen and oxygen atoms in total. The summed E-state index contributed by atoms with van der Waals surface area (Å²) in [6.07, 6.45) is 0.587. The monoisotopic (exact) mass is 478 g/mol. The molecule has 0 spiro atoms. The van der Waals surface area contributed by atoms with E-state index in [0.29, 0.717) is 19.4 Å². The molecule has 0 radical (unpaired) electrons. The fraction of sp³-hybridized carbons (Fsp3) is 0.464. The van der Waals surface area contributed by atoms with Crippen molar-refractivity contribution < 1.29 is 24.2 Å². The summed E-state index contributed by atoms with van der Waals surface area (Å²) in [5.74, 6) is -1.09. The normalized spacial score (nSPS) is 19.8. The van der Waals surface area contributed by atoms with E-state index in [1.807, 2.05) is 45.0 Å². The molecule has 2 atom stereocenters. The van der Waals surface area contributed by atoms with Crippen LogP contribution in [0.2, 0.25) is 0 Å². The number of carboxylic acids is 1. The highest BCUT2D eigenvalue weighted by molar-refractivity contribution is 5.82. The zero-order valence-corrected chi connectivity index (χ0v) is 20.6. The zero-order valence-electron chi connectivity index (χ0n) is 20.6. The van der Waals surface area contributed by atoms with E-state index in [0.717, 1.165) is 11.1 Å². The van der Waals surface area contributed by atoms with Crippen LogP contribution in [0.5, 0.6) is 0 Å². The summed E-state index contributed by atoms with van der Waals surface area (Å²) in [4.78, 5) is 39.1. The van der Waals surface area contributed by atoms with Crippen molar-refractivity contribution in [2.45, 2.75) is 52.0 Å². The lowest BCUT2D eigenvalue weighted by molar-refractivity contribution is -0.151. The Labute approximate surface area is 206 Å². The molecule has 4 rings (SSSR count). The number of amides is 2. The molecule has 1 heterocycles. The third-order valence-corrected chi connectivity index (χ3v) is 7.76. The molecule has 2 aliphatic rings. The van der Waals surface area contributed by atoms with Crippen LogP contribution >= 0.6 is 0 Å². The van der Waals surface area contributed by atoms with Crippen molar-refractivity contribution in [2.75, 3.05) is 19.7 Å². The predicted octanol–water partition coefficient (Wildman–Crippen LogP) is 4.65. The quantitative estimate of drug-likeness (QED) is 0.576. The molecule has 2 aromatic rings. The van der Waals surface area contributed by atoms with Crippen LogP contribution in [0.25, 0.3) is 11.1 Å². The molecule has 2 N–H and O–H groups in total. The largest absolute Gasteiger partial charge is 0.481 e. The third-order valence-electron chi connectivity index (χ3n) is 7.76. The lowest BCUT2D eigenvalue weighted by atomic mass is 9.76. The summed E-state index contributed by atoms with van der Waals surface area (Å²) in [6.45, 7) is 6.52. The smallest absolute Gasteiger partial charge is 0.407 e. The fourth-order valence-corrected chi connectivity index (χ4v) is 5.38. The summed E-state index contributed by atoms with van der Waals surface area (Å²) in [7, 11) is 0. The summed E-state index contributed by atoms with van der Waals surface area (Å²) < 4.78 is 5.62. The van der Waals surface area contributed by atoms with Gasteiger partial charge in [0, 0.05) is 31.5 Å². The van der Waals surface area contributed by atoms with Crippen LogP contribution < -0.4 is 5.32 Å². The summed E-state index contributed by atoms with van der Waals surface area (Å²) in [6, 6.07) is 15.9. The van der Waals surface area contributed by atoms with Crippen LogP contribution in [0.3, 0.4) is 0 Å². The van der Waals surface area contributed by atoms with Gasteiger partial charge in [-0.2, -0.15) is 0 Å². The first-order valence-electron chi connectivity index (χ1n) is 12.4. The SMILES string of the molecule is CCC(CC(=O)N1CCC(C(=O)O)(C(C)C)C1)NC(=O)OCC1c2ccccc2-c2ccccc21. The lowest BCUT2D eigenvalue weighted by Crippen LogP contribution is -2.43. The molecular weight excluding hydrogens is 444 g/mol. The molecule has 0 bridgehead atoms. The van der Waals surface area contributed by atoms with Crippen molar-refractivity contribution in [2.24, 2.45) is 11.3 Å². The van der Waals surface area contributed by atoms with E-state index >= 15 is 0 Å². The number of nitrogens with zero attached hydrogens (tertiary/aromatic N) is 1. The minimum absolute atomic E-state index is 0.0281. The van der Waals surface area contributed by atoms with E-state index in [4.69, 9.17) is 4.74 Å². The second-order valence-corrected chi connectivity index (χ2v) is 9.96. The second kappa shape index (κ2) is 10.1. The molecule has 1 saturated heterocycles. The van der Waals surface area contributed by atoms with Gasteiger partial charge in [0.2, 0.25) is 5.91 Å². The number of aliphatic carboxylic acids is 1. The molecule has 2 unspecified atom stereocenters. The third kappa shape index (κ3) is 4.77. The van der Waals surface area contributed by atoms with Crippen molar-refractivity contribution in [1.82, 2.24) is 10.2 Å². The number of ether oxygens (including phenoxy) is 1. The van der Waals surface area contributed by atoms with Gasteiger partial charge in [-0.1, -0.05) is 69.3 Å². The fourth-order valence-electron chi connectivity index (χ4n) is 5.38. The molecule has 35 heavy (non-hydrogen) atoms. The van der Waals surface area contributed by atoms with Crippen molar-refractivity contribution in [1.29, 1.82) is 0 Å². The van der Waals surface area contributed by atoms with Crippen LogP contribution in [0.1, 0.15) is 57.1 Å². The number of likely N-dealkylation sites (tertiary alicyclic amines) is 1. The second-order valence-electron chi connectivity index (χ2n) is 9.96. The number of benzene rings is 2. The van der Waals surface area contributed by atoms with Gasteiger partial charge < -0.3 is 20.1 Å². The van der Waals surface area contributed by atoms with Crippen molar-refractivity contribution in [3.63, 3.8) is 0 Å². The van der Waals surface area contributed by atoms with Gasteiger partial charge >= 0.3 is 12.1 Å². The Hall–Kier alpha value is -3.35. The topological polar surface area (TPSA) is 95.9 Å². The lowest BCUT2D eigenvalue weighted by Gasteiger charge is -2.29. The number of alkyl carbamates (subject to hydrolysis) is 1. The molecule has 0 aromatic heterocycles. The number of hydrogen-bond donors (Lipinski definition) is 2. The van der Waals surface area contributed by atoms with Crippen LogP contribution in [0.15, 0.2) is 48.5 Å². The van der Waals surface area contributed by atoms with E-state index in [-0.39, 0.29) is 43.4 Å². The Morgan fingerprint density at radius 2 is 1.69 bits per heavy atom.